The van der Waals surface area contributed by atoms with Crippen LogP contribution in [-0.2, 0) is 13.0 Å². The molecule has 0 amide bonds. The van der Waals surface area contributed by atoms with Crippen LogP contribution in [0.5, 0.6) is 0 Å². The molecule has 0 aliphatic carbocycles. The van der Waals surface area contributed by atoms with Gasteiger partial charge in [0.15, 0.2) is 5.15 Å². The molecule has 0 fully saturated rings. The predicted molar refractivity (Wildman–Crippen MR) is 75.9 cm³/mol. The molecule has 2 N–H and O–H groups in total. The van der Waals surface area contributed by atoms with Crippen LogP contribution in [0.4, 0.5) is 10.1 Å². The maximum atomic E-state index is 13.4. The average molecular weight is 282 g/mol. The fourth-order valence-corrected chi connectivity index (χ4v) is 2.02. The topological polar surface area (TPSA) is 40.7 Å². The van der Waals surface area contributed by atoms with Gasteiger partial charge in [-0.15, -0.1) is 0 Å². The number of nitrogens with zero attached hydrogens (tertiary/aromatic N) is 1. The Morgan fingerprint density at radius 2 is 2.16 bits per heavy atom. The molecular formula is C14H17ClFN3. The van der Waals surface area contributed by atoms with E-state index in [0.717, 1.165) is 30.8 Å². The van der Waals surface area contributed by atoms with Gasteiger partial charge in [0.05, 0.1) is 17.9 Å². The first-order valence-corrected chi connectivity index (χ1v) is 6.80. The number of hydrogen-bond donors (Lipinski definition) is 2. The van der Waals surface area contributed by atoms with E-state index in [9.17, 15) is 4.39 Å². The number of halogens is 2. The van der Waals surface area contributed by atoms with Crippen LogP contribution in [-0.4, -0.2) is 9.97 Å². The molecule has 5 heteroatoms. The monoisotopic (exact) mass is 281 g/mol. The van der Waals surface area contributed by atoms with Gasteiger partial charge in [0.1, 0.15) is 11.6 Å². The Bertz CT molecular complexity index is 539. The minimum absolute atomic E-state index is 0.274. The number of rotatable bonds is 6. The van der Waals surface area contributed by atoms with Gasteiger partial charge in [0, 0.05) is 6.42 Å². The number of hydrogen-bond acceptors (Lipinski definition) is 2. The summed E-state index contributed by atoms with van der Waals surface area (Å²) in [7, 11) is 0. The zero-order chi connectivity index (χ0) is 13.7. The molecule has 1 aromatic carbocycles. The summed E-state index contributed by atoms with van der Waals surface area (Å²) in [6.45, 7) is 2.56. The molecule has 2 aromatic rings. The van der Waals surface area contributed by atoms with E-state index < -0.39 is 0 Å². The fraction of sp³-hybridized carbons (Fsp3) is 0.357. The van der Waals surface area contributed by atoms with Crippen molar-refractivity contribution in [1.82, 2.24) is 9.97 Å². The summed E-state index contributed by atoms with van der Waals surface area (Å²) in [5.74, 6) is 0.613. The van der Waals surface area contributed by atoms with Crippen molar-refractivity contribution in [3.05, 3.63) is 46.8 Å². The summed E-state index contributed by atoms with van der Waals surface area (Å²) in [5.41, 5.74) is 1.25. The van der Waals surface area contributed by atoms with Crippen LogP contribution < -0.4 is 5.32 Å². The summed E-state index contributed by atoms with van der Waals surface area (Å²) >= 11 is 6.05. The van der Waals surface area contributed by atoms with Crippen molar-refractivity contribution in [3.63, 3.8) is 0 Å². The van der Waals surface area contributed by atoms with E-state index in [-0.39, 0.29) is 5.82 Å². The van der Waals surface area contributed by atoms with Gasteiger partial charge < -0.3 is 10.3 Å². The smallest absolute Gasteiger partial charge is 0.152 e. The first-order chi connectivity index (χ1) is 9.20. The highest BCUT2D eigenvalue weighted by atomic mass is 35.5. The van der Waals surface area contributed by atoms with Gasteiger partial charge in [-0.25, -0.2) is 9.37 Å². The largest absolute Gasteiger partial charge is 0.377 e. The summed E-state index contributed by atoms with van der Waals surface area (Å²) in [5, 5.41) is 3.46. The van der Waals surface area contributed by atoms with Gasteiger partial charge in [-0.3, -0.25) is 0 Å². The van der Waals surface area contributed by atoms with E-state index in [1.807, 2.05) is 0 Å². The molecule has 1 heterocycles. The molecule has 0 saturated carbocycles. The zero-order valence-corrected chi connectivity index (χ0v) is 11.6. The van der Waals surface area contributed by atoms with Gasteiger partial charge in [-0.05, 0) is 18.6 Å². The number of imidazole rings is 1. The third-order valence-electron chi connectivity index (χ3n) is 2.87. The highest BCUT2D eigenvalue weighted by Gasteiger charge is 2.08. The first-order valence-electron chi connectivity index (χ1n) is 6.42. The standard InChI is InChI=1S/C14H17ClFN3/c1-2-3-8-13-18-12(14(15)19-13)9-17-11-7-5-4-6-10(11)16/h4-7,17H,2-3,8-9H2,1H3,(H,18,19). The molecule has 0 aliphatic heterocycles. The maximum absolute atomic E-state index is 13.4. The molecule has 0 aliphatic rings. The highest BCUT2D eigenvalue weighted by molar-refractivity contribution is 6.30. The summed E-state index contributed by atoms with van der Waals surface area (Å²) in [4.78, 5) is 7.44. The Balaban J connectivity index is 1.99. The second-order valence-corrected chi connectivity index (χ2v) is 4.75. The third-order valence-corrected chi connectivity index (χ3v) is 3.19. The highest BCUT2D eigenvalue weighted by Crippen LogP contribution is 2.18. The van der Waals surface area contributed by atoms with Crippen molar-refractivity contribution in [3.8, 4) is 0 Å². The molecule has 0 saturated heterocycles. The zero-order valence-electron chi connectivity index (χ0n) is 10.8. The Morgan fingerprint density at radius 3 is 2.89 bits per heavy atom. The molecular weight excluding hydrogens is 265 g/mol. The lowest BCUT2D eigenvalue weighted by Crippen LogP contribution is -2.02. The van der Waals surface area contributed by atoms with Gasteiger partial charge in [0.2, 0.25) is 0 Å². The molecule has 0 atom stereocenters. The molecule has 19 heavy (non-hydrogen) atoms. The summed E-state index contributed by atoms with van der Waals surface area (Å²) < 4.78 is 13.4. The quantitative estimate of drug-likeness (QED) is 0.835. The minimum Gasteiger partial charge on any atom is -0.377 e. The lowest BCUT2D eigenvalue weighted by molar-refractivity contribution is 0.630. The number of anilines is 1. The van der Waals surface area contributed by atoms with Crippen LogP contribution in [0.3, 0.4) is 0 Å². The molecule has 0 bridgehead atoms. The van der Waals surface area contributed by atoms with Crippen LogP contribution in [0, 0.1) is 5.82 Å². The van der Waals surface area contributed by atoms with Crippen molar-refractivity contribution in [2.24, 2.45) is 0 Å². The number of aryl methyl sites for hydroxylation is 1. The molecule has 102 valence electrons. The Kier molecular flexibility index (Phi) is 4.80. The first kappa shape index (κ1) is 13.9. The van der Waals surface area contributed by atoms with Gasteiger partial charge >= 0.3 is 0 Å². The van der Waals surface area contributed by atoms with E-state index in [1.54, 1.807) is 18.2 Å². The van der Waals surface area contributed by atoms with Crippen molar-refractivity contribution >= 4 is 17.3 Å². The van der Waals surface area contributed by atoms with E-state index >= 15 is 0 Å². The van der Waals surface area contributed by atoms with Gasteiger partial charge in [-0.2, -0.15) is 0 Å². The van der Waals surface area contributed by atoms with Crippen molar-refractivity contribution in [2.75, 3.05) is 5.32 Å². The number of nitrogens with one attached hydrogen (secondary N) is 2. The Hall–Kier alpha value is -1.55. The molecule has 3 nitrogen and oxygen atoms in total. The van der Waals surface area contributed by atoms with Crippen molar-refractivity contribution < 1.29 is 4.39 Å². The van der Waals surface area contributed by atoms with E-state index in [0.29, 0.717) is 17.4 Å². The predicted octanol–water partition coefficient (Wildman–Crippen LogP) is 4.16. The molecule has 0 radical (unpaired) electrons. The van der Waals surface area contributed by atoms with Crippen molar-refractivity contribution in [2.45, 2.75) is 32.7 Å². The van der Waals surface area contributed by atoms with E-state index in [4.69, 9.17) is 11.6 Å². The number of aromatic nitrogens is 2. The summed E-state index contributed by atoms with van der Waals surface area (Å²) in [6, 6.07) is 6.56. The SMILES string of the molecule is CCCCc1nc(Cl)c(CNc2ccccc2F)[nH]1. The van der Waals surface area contributed by atoms with Crippen LogP contribution in [0.15, 0.2) is 24.3 Å². The number of H-pyrrole nitrogens is 1. The normalized spacial score (nSPS) is 10.7. The van der Waals surface area contributed by atoms with Crippen LogP contribution in [0.1, 0.15) is 31.3 Å². The van der Waals surface area contributed by atoms with E-state index in [1.165, 1.54) is 6.07 Å². The van der Waals surface area contributed by atoms with E-state index in [2.05, 4.69) is 22.2 Å². The van der Waals surface area contributed by atoms with Crippen molar-refractivity contribution in [1.29, 1.82) is 0 Å². The van der Waals surface area contributed by atoms with Gasteiger partial charge in [0.25, 0.3) is 0 Å². The number of unbranched alkanes of at least 4 members (excludes halogenated alkanes) is 1. The minimum atomic E-state index is -0.274. The lowest BCUT2D eigenvalue weighted by Gasteiger charge is -2.05. The maximum Gasteiger partial charge on any atom is 0.152 e. The molecule has 0 spiro atoms. The fourth-order valence-electron chi connectivity index (χ4n) is 1.81. The number of aromatic amines is 1. The lowest BCUT2D eigenvalue weighted by atomic mass is 10.2. The molecule has 1 aromatic heterocycles. The number of para-hydroxylation sites is 1. The average Bonchev–Trinajstić information content (AvgIpc) is 2.76. The third kappa shape index (κ3) is 3.70. The Labute approximate surface area is 117 Å². The van der Waals surface area contributed by atoms with Crippen LogP contribution in [0.25, 0.3) is 0 Å². The second-order valence-electron chi connectivity index (χ2n) is 4.39. The van der Waals surface area contributed by atoms with Gasteiger partial charge in [-0.1, -0.05) is 37.1 Å². The molecule has 2 rings (SSSR count). The van der Waals surface area contributed by atoms with Crippen LogP contribution in [0.2, 0.25) is 5.15 Å². The molecule has 0 unspecified atom stereocenters. The second kappa shape index (κ2) is 6.57. The summed E-state index contributed by atoms with van der Waals surface area (Å²) in [6.07, 6.45) is 3.07. The Morgan fingerprint density at radius 1 is 1.37 bits per heavy atom. The van der Waals surface area contributed by atoms with Crippen LogP contribution >= 0.6 is 11.6 Å². The number of benzene rings is 1.